The van der Waals surface area contributed by atoms with E-state index in [1.165, 1.54) is 22.5 Å². The lowest BCUT2D eigenvalue weighted by molar-refractivity contribution is 0.135. The molecule has 2 aromatic carbocycles. The van der Waals surface area contributed by atoms with E-state index in [0.29, 0.717) is 46.7 Å². The van der Waals surface area contributed by atoms with Crippen molar-refractivity contribution in [3.05, 3.63) is 56.5 Å². The molecule has 2 aromatic rings. The number of rotatable bonds is 4. The molecular formula is C17H15Cl4NO3S. The van der Waals surface area contributed by atoms with Crippen molar-refractivity contribution < 1.29 is 13.2 Å². The summed E-state index contributed by atoms with van der Waals surface area (Å²) in [6.07, 6.45) is 0.900. The van der Waals surface area contributed by atoms with E-state index in [9.17, 15) is 8.42 Å². The van der Waals surface area contributed by atoms with Crippen LogP contribution in [-0.4, -0.2) is 31.9 Å². The van der Waals surface area contributed by atoms with Crippen molar-refractivity contribution in [1.82, 2.24) is 4.31 Å². The molecule has 0 bridgehead atoms. The van der Waals surface area contributed by atoms with Gasteiger partial charge in [0.2, 0.25) is 10.0 Å². The lowest BCUT2D eigenvalue weighted by atomic mass is 10.1. The third-order valence-electron chi connectivity index (χ3n) is 4.13. The van der Waals surface area contributed by atoms with Crippen LogP contribution in [0.2, 0.25) is 20.1 Å². The van der Waals surface area contributed by atoms with Crippen molar-refractivity contribution in [2.45, 2.75) is 23.8 Å². The van der Waals surface area contributed by atoms with Crippen LogP contribution in [-0.2, 0) is 10.0 Å². The summed E-state index contributed by atoms with van der Waals surface area (Å²) >= 11 is 24.0. The van der Waals surface area contributed by atoms with Gasteiger partial charge in [-0.3, -0.25) is 0 Å². The molecule has 26 heavy (non-hydrogen) atoms. The van der Waals surface area contributed by atoms with E-state index < -0.39 is 10.0 Å². The number of hydrogen-bond donors (Lipinski definition) is 0. The average Bonchev–Trinajstić information content (AvgIpc) is 2.61. The molecule has 140 valence electrons. The first-order valence-corrected chi connectivity index (χ1v) is 10.8. The molecule has 1 aliphatic rings. The minimum atomic E-state index is -3.63. The Morgan fingerprint density at radius 2 is 1.50 bits per heavy atom. The highest BCUT2D eigenvalue weighted by atomic mass is 35.5. The maximum atomic E-state index is 12.8. The summed E-state index contributed by atoms with van der Waals surface area (Å²) in [5.74, 6) is 0.432. The van der Waals surface area contributed by atoms with Gasteiger partial charge in [0.05, 0.1) is 25.0 Å². The third kappa shape index (κ3) is 4.24. The number of benzene rings is 2. The van der Waals surface area contributed by atoms with Gasteiger partial charge in [-0.1, -0.05) is 52.5 Å². The highest BCUT2D eigenvalue weighted by Crippen LogP contribution is 2.35. The molecule has 0 N–H and O–H groups in total. The molecule has 9 heteroatoms. The van der Waals surface area contributed by atoms with Gasteiger partial charge in [-0.05, 0) is 43.2 Å². The van der Waals surface area contributed by atoms with E-state index in [-0.39, 0.29) is 16.0 Å². The second kappa shape index (κ2) is 8.13. The number of sulfonamides is 1. The van der Waals surface area contributed by atoms with Gasteiger partial charge in [0.1, 0.15) is 6.10 Å². The summed E-state index contributed by atoms with van der Waals surface area (Å²) in [6, 6.07) is 9.44. The molecule has 0 spiro atoms. The molecule has 0 aromatic heterocycles. The number of ether oxygens (including phenoxy) is 1. The van der Waals surface area contributed by atoms with E-state index in [2.05, 4.69) is 0 Å². The van der Waals surface area contributed by atoms with Crippen LogP contribution in [0.3, 0.4) is 0 Å². The Labute approximate surface area is 172 Å². The minimum absolute atomic E-state index is 0.125. The normalized spacial score (nSPS) is 16.6. The van der Waals surface area contributed by atoms with Gasteiger partial charge in [0, 0.05) is 13.1 Å². The van der Waals surface area contributed by atoms with Crippen molar-refractivity contribution in [2.75, 3.05) is 13.1 Å². The lowest BCUT2D eigenvalue weighted by Crippen LogP contribution is -2.41. The first-order chi connectivity index (χ1) is 12.3. The quantitative estimate of drug-likeness (QED) is 0.609. The number of halogens is 4. The molecule has 1 saturated heterocycles. The van der Waals surface area contributed by atoms with Crippen LogP contribution in [0, 0.1) is 0 Å². The molecule has 1 fully saturated rings. The first kappa shape index (κ1) is 20.1. The molecule has 4 nitrogen and oxygen atoms in total. The van der Waals surface area contributed by atoms with Crippen molar-refractivity contribution in [1.29, 1.82) is 0 Å². The third-order valence-corrected chi connectivity index (χ3v) is 7.36. The van der Waals surface area contributed by atoms with Crippen LogP contribution >= 0.6 is 46.4 Å². The molecule has 0 unspecified atom stereocenters. The SMILES string of the molecule is O=S(=O)(c1ccc(Cl)c(Cl)c1)N1CCC(Oc2c(Cl)cccc2Cl)CC1. The Bertz CT molecular complexity index is 892. The molecule has 0 aliphatic carbocycles. The van der Waals surface area contributed by atoms with Crippen molar-refractivity contribution >= 4 is 56.4 Å². The van der Waals surface area contributed by atoms with Crippen molar-refractivity contribution in [2.24, 2.45) is 0 Å². The highest BCUT2D eigenvalue weighted by Gasteiger charge is 2.31. The summed E-state index contributed by atoms with van der Waals surface area (Å²) in [5, 5.41) is 1.39. The summed E-state index contributed by atoms with van der Waals surface area (Å²) in [6.45, 7) is 0.657. The molecule has 1 heterocycles. The fourth-order valence-electron chi connectivity index (χ4n) is 2.74. The zero-order valence-electron chi connectivity index (χ0n) is 13.5. The zero-order valence-corrected chi connectivity index (χ0v) is 17.3. The number of hydrogen-bond acceptors (Lipinski definition) is 3. The molecule has 0 saturated carbocycles. The van der Waals surface area contributed by atoms with E-state index in [0.717, 1.165) is 0 Å². The van der Waals surface area contributed by atoms with Crippen LogP contribution in [0.15, 0.2) is 41.3 Å². The average molecular weight is 455 g/mol. The van der Waals surface area contributed by atoms with E-state index >= 15 is 0 Å². The summed E-state index contributed by atoms with van der Waals surface area (Å²) in [5.41, 5.74) is 0. The number of piperidine rings is 1. The molecule has 0 atom stereocenters. The van der Waals surface area contributed by atoms with Crippen LogP contribution in [0.4, 0.5) is 0 Å². The fourth-order valence-corrected chi connectivity index (χ4v) is 5.08. The van der Waals surface area contributed by atoms with Gasteiger partial charge in [0.25, 0.3) is 0 Å². The standard InChI is InChI=1S/C17H15Cl4NO3S/c18-13-5-4-12(10-16(13)21)26(23,24)22-8-6-11(7-9-22)25-17-14(19)2-1-3-15(17)20/h1-5,10-11H,6-9H2. The van der Waals surface area contributed by atoms with E-state index in [1.807, 2.05) is 0 Å². The van der Waals surface area contributed by atoms with E-state index in [4.69, 9.17) is 51.1 Å². The second-order valence-electron chi connectivity index (χ2n) is 5.85. The monoisotopic (exact) mass is 453 g/mol. The highest BCUT2D eigenvalue weighted by molar-refractivity contribution is 7.89. The second-order valence-corrected chi connectivity index (χ2v) is 9.41. The maximum absolute atomic E-state index is 12.8. The topological polar surface area (TPSA) is 46.6 Å². The Morgan fingerprint density at radius 3 is 2.08 bits per heavy atom. The van der Waals surface area contributed by atoms with Crippen molar-refractivity contribution in [3.8, 4) is 5.75 Å². The van der Waals surface area contributed by atoms with Crippen LogP contribution < -0.4 is 4.74 Å². The minimum Gasteiger partial charge on any atom is -0.487 e. The summed E-state index contributed by atoms with van der Waals surface area (Å²) < 4.78 is 32.8. The van der Waals surface area contributed by atoms with Gasteiger partial charge in [-0.2, -0.15) is 4.31 Å². The Morgan fingerprint density at radius 1 is 0.885 bits per heavy atom. The molecule has 0 radical (unpaired) electrons. The molecule has 0 amide bonds. The van der Waals surface area contributed by atoms with Gasteiger partial charge >= 0.3 is 0 Å². The molecule has 3 rings (SSSR count). The Hall–Kier alpha value is -0.690. The van der Waals surface area contributed by atoms with Gasteiger partial charge < -0.3 is 4.74 Å². The van der Waals surface area contributed by atoms with Gasteiger partial charge in [0.15, 0.2) is 5.75 Å². The largest absolute Gasteiger partial charge is 0.487 e. The first-order valence-electron chi connectivity index (χ1n) is 7.85. The maximum Gasteiger partial charge on any atom is 0.243 e. The molecule has 1 aliphatic heterocycles. The summed E-state index contributed by atoms with van der Waals surface area (Å²) in [4.78, 5) is 0.125. The fraction of sp³-hybridized carbons (Fsp3) is 0.294. The van der Waals surface area contributed by atoms with Gasteiger partial charge in [-0.25, -0.2) is 8.42 Å². The predicted octanol–water partition coefficient (Wildman–Crippen LogP) is 5.53. The van der Waals surface area contributed by atoms with E-state index in [1.54, 1.807) is 18.2 Å². The smallest absolute Gasteiger partial charge is 0.243 e. The number of nitrogens with zero attached hydrogens (tertiary/aromatic N) is 1. The van der Waals surface area contributed by atoms with Crippen LogP contribution in [0.25, 0.3) is 0 Å². The zero-order chi connectivity index (χ0) is 18.9. The summed E-state index contributed by atoms with van der Waals surface area (Å²) in [7, 11) is -3.63. The Balaban J connectivity index is 1.69. The predicted molar refractivity (Wildman–Crippen MR) is 105 cm³/mol. The molecular weight excluding hydrogens is 440 g/mol. The van der Waals surface area contributed by atoms with Gasteiger partial charge in [-0.15, -0.1) is 0 Å². The Kier molecular flexibility index (Phi) is 6.27. The van der Waals surface area contributed by atoms with Crippen LogP contribution in [0.5, 0.6) is 5.75 Å². The number of para-hydroxylation sites is 1. The van der Waals surface area contributed by atoms with Crippen LogP contribution in [0.1, 0.15) is 12.8 Å². The lowest BCUT2D eigenvalue weighted by Gasteiger charge is -2.31. The van der Waals surface area contributed by atoms with Crippen molar-refractivity contribution in [3.63, 3.8) is 0 Å².